The Labute approximate surface area is 124 Å². The van der Waals surface area contributed by atoms with Crippen molar-refractivity contribution in [3.05, 3.63) is 35.9 Å². The van der Waals surface area contributed by atoms with E-state index >= 15 is 0 Å². The van der Waals surface area contributed by atoms with Crippen LogP contribution in [0.25, 0.3) is 0 Å². The maximum absolute atomic E-state index is 11.4. The lowest BCUT2D eigenvalue weighted by Gasteiger charge is -2.24. The zero-order valence-corrected chi connectivity index (χ0v) is 11.9. The third-order valence-electron chi connectivity index (χ3n) is 4.01. The van der Waals surface area contributed by atoms with Gasteiger partial charge in [-0.2, -0.15) is 0 Å². The number of likely N-dealkylation sites (tertiary alicyclic amines) is 1. The molecule has 0 radical (unpaired) electrons. The van der Waals surface area contributed by atoms with Gasteiger partial charge in [-0.1, -0.05) is 30.3 Å². The molecule has 1 aromatic rings. The Morgan fingerprint density at radius 2 is 2.05 bits per heavy atom. The van der Waals surface area contributed by atoms with Crippen molar-refractivity contribution in [2.45, 2.75) is 37.3 Å². The van der Waals surface area contributed by atoms with E-state index in [0.717, 1.165) is 5.56 Å². The lowest BCUT2D eigenvalue weighted by Crippen LogP contribution is -2.50. The van der Waals surface area contributed by atoms with Crippen LogP contribution in [0.4, 0.5) is 0 Å². The summed E-state index contributed by atoms with van der Waals surface area (Å²) in [7, 11) is -1.37. The van der Waals surface area contributed by atoms with Crippen LogP contribution in [-0.4, -0.2) is 51.3 Å². The summed E-state index contributed by atoms with van der Waals surface area (Å²) in [6.45, 7) is 0.878. The van der Waals surface area contributed by atoms with Gasteiger partial charge in [0.2, 0.25) is 0 Å². The summed E-state index contributed by atoms with van der Waals surface area (Å²) in [4.78, 5) is 13.4. The topological polar surface area (TPSA) is 107 Å². The van der Waals surface area contributed by atoms with E-state index in [2.05, 4.69) is 0 Å². The van der Waals surface area contributed by atoms with Crippen LogP contribution in [0.15, 0.2) is 30.3 Å². The zero-order chi connectivity index (χ0) is 15.5. The van der Waals surface area contributed by atoms with Gasteiger partial charge in [-0.3, -0.25) is 9.69 Å². The van der Waals surface area contributed by atoms with Gasteiger partial charge in [0.05, 0.1) is 0 Å². The fourth-order valence-electron chi connectivity index (χ4n) is 2.89. The normalized spacial score (nSPS) is 26.0. The predicted octanol–water partition coefficient (Wildman–Crippen LogP) is -0.0941. The molecule has 1 aliphatic rings. The molecule has 114 valence electrons. The van der Waals surface area contributed by atoms with Gasteiger partial charge in [0.25, 0.3) is 0 Å². The molecule has 7 heteroatoms. The van der Waals surface area contributed by atoms with Crippen molar-refractivity contribution in [2.75, 3.05) is 6.54 Å². The summed E-state index contributed by atoms with van der Waals surface area (Å²) < 4.78 is 0. The van der Waals surface area contributed by atoms with E-state index in [4.69, 9.17) is 15.8 Å². The number of hydrogen-bond donors (Lipinski definition) is 4. The Morgan fingerprint density at radius 3 is 2.62 bits per heavy atom. The van der Waals surface area contributed by atoms with Crippen LogP contribution in [0.5, 0.6) is 0 Å². The molecule has 1 aliphatic heterocycles. The lowest BCUT2D eigenvalue weighted by molar-refractivity contribution is -0.142. The molecule has 0 saturated carbocycles. The highest BCUT2D eigenvalue weighted by Crippen LogP contribution is 2.30. The van der Waals surface area contributed by atoms with Crippen molar-refractivity contribution in [3.8, 4) is 0 Å². The minimum absolute atomic E-state index is 0.0619. The average molecular weight is 292 g/mol. The first-order valence-electron chi connectivity index (χ1n) is 7.07. The highest BCUT2D eigenvalue weighted by Gasteiger charge is 2.46. The number of rotatable bonds is 6. The number of carboxylic acid groups (broad SMARTS) is 1. The van der Waals surface area contributed by atoms with Crippen LogP contribution in [0, 0.1) is 0 Å². The van der Waals surface area contributed by atoms with Crippen LogP contribution in [0.2, 0.25) is 6.32 Å². The van der Waals surface area contributed by atoms with Crippen LogP contribution in [0.3, 0.4) is 0 Å². The molecule has 2 unspecified atom stereocenters. The van der Waals surface area contributed by atoms with Crippen molar-refractivity contribution in [1.29, 1.82) is 0 Å². The Kier molecular flexibility index (Phi) is 5.00. The molecule has 0 aliphatic carbocycles. The van der Waals surface area contributed by atoms with E-state index in [0.29, 0.717) is 19.4 Å². The van der Waals surface area contributed by atoms with Gasteiger partial charge in [-0.15, -0.1) is 0 Å². The molecule has 1 saturated heterocycles. The lowest BCUT2D eigenvalue weighted by atomic mass is 9.81. The summed E-state index contributed by atoms with van der Waals surface area (Å²) >= 11 is 0. The maximum atomic E-state index is 11.4. The summed E-state index contributed by atoms with van der Waals surface area (Å²) in [6.07, 6.45) is 1.05. The number of hydrogen-bond acceptors (Lipinski definition) is 5. The quantitative estimate of drug-likeness (QED) is 0.546. The minimum atomic E-state index is -1.37. The Hall–Kier alpha value is -1.41. The van der Waals surface area contributed by atoms with E-state index in [9.17, 15) is 9.90 Å². The fourth-order valence-corrected chi connectivity index (χ4v) is 2.89. The number of nitrogens with two attached hydrogens (primary N) is 1. The number of benzene rings is 1. The second-order valence-corrected chi connectivity index (χ2v) is 5.77. The molecule has 5 N–H and O–H groups in total. The fraction of sp³-hybridized carbons (Fsp3) is 0.500. The van der Waals surface area contributed by atoms with Gasteiger partial charge in [-0.05, 0) is 24.7 Å². The van der Waals surface area contributed by atoms with Crippen molar-refractivity contribution < 1.29 is 19.9 Å². The molecule has 0 amide bonds. The minimum Gasteiger partial charge on any atom is -0.480 e. The first kappa shape index (κ1) is 16.0. The molecule has 1 fully saturated rings. The summed E-state index contributed by atoms with van der Waals surface area (Å²) in [6, 6.07) is 9.70. The highest BCUT2D eigenvalue weighted by molar-refractivity contribution is 6.40. The molecule has 6 nitrogen and oxygen atoms in total. The average Bonchev–Trinajstić information content (AvgIpc) is 2.75. The summed E-state index contributed by atoms with van der Waals surface area (Å²) in [5.74, 6) is -1.01. The van der Waals surface area contributed by atoms with Gasteiger partial charge in [0.15, 0.2) is 0 Å². The largest absolute Gasteiger partial charge is 0.480 e. The standard InChI is InChI=1S/C14H21BN2O4/c16-14(13(18)19)8-12(6-7-15(20)21)17(10-14)9-11-4-2-1-3-5-11/h1-5,12,20-21H,6-10,16H2,(H,18,19). The Bertz CT molecular complexity index is 485. The van der Waals surface area contributed by atoms with Crippen LogP contribution in [-0.2, 0) is 11.3 Å². The molecule has 1 heterocycles. The van der Waals surface area contributed by atoms with Crippen LogP contribution in [0.1, 0.15) is 18.4 Å². The van der Waals surface area contributed by atoms with E-state index in [1.54, 1.807) is 0 Å². The number of carbonyl (C=O) groups is 1. The van der Waals surface area contributed by atoms with Gasteiger partial charge >= 0.3 is 13.1 Å². The summed E-state index contributed by atoms with van der Waals surface area (Å²) in [5.41, 5.74) is 5.80. The second-order valence-electron chi connectivity index (χ2n) is 5.77. The molecule has 0 bridgehead atoms. The highest BCUT2D eigenvalue weighted by atomic mass is 16.4. The molecule has 21 heavy (non-hydrogen) atoms. The molecule has 1 aromatic carbocycles. The van der Waals surface area contributed by atoms with E-state index in [1.807, 2.05) is 35.2 Å². The molecule has 2 atom stereocenters. The predicted molar refractivity (Wildman–Crippen MR) is 79.4 cm³/mol. The zero-order valence-electron chi connectivity index (χ0n) is 11.9. The van der Waals surface area contributed by atoms with Gasteiger partial charge in [0, 0.05) is 19.1 Å². The van der Waals surface area contributed by atoms with E-state index in [1.165, 1.54) is 0 Å². The van der Waals surface area contributed by atoms with Crippen molar-refractivity contribution >= 4 is 13.1 Å². The van der Waals surface area contributed by atoms with Crippen molar-refractivity contribution in [3.63, 3.8) is 0 Å². The molecule has 2 rings (SSSR count). The van der Waals surface area contributed by atoms with E-state index < -0.39 is 18.6 Å². The number of carboxylic acids is 1. The molecule has 0 aromatic heterocycles. The second kappa shape index (κ2) is 6.57. The van der Waals surface area contributed by atoms with Crippen LogP contribution < -0.4 is 5.73 Å². The van der Waals surface area contributed by atoms with Crippen molar-refractivity contribution in [1.82, 2.24) is 4.90 Å². The van der Waals surface area contributed by atoms with Gasteiger partial charge < -0.3 is 20.9 Å². The first-order chi connectivity index (χ1) is 9.90. The number of aliphatic carboxylic acids is 1. The molecule has 0 spiro atoms. The summed E-state index contributed by atoms with van der Waals surface area (Å²) in [5, 5.41) is 27.3. The third kappa shape index (κ3) is 4.04. The SMILES string of the molecule is NC1(C(=O)O)CC(CCB(O)O)N(Cc2ccccc2)C1. The third-order valence-corrected chi connectivity index (χ3v) is 4.01. The molecular formula is C14H21BN2O4. The maximum Gasteiger partial charge on any atom is 0.451 e. The molecular weight excluding hydrogens is 271 g/mol. The monoisotopic (exact) mass is 292 g/mol. The Balaban J connectivity index is 2.09. The van der Waals surface area contributed by atoms with Gasteiger partial charge in [-0.25, -0.2) is 0 Å². The first-order valence-corrected chi connectivity index (χ1v) is 7.07. The van der Waals surface area contributed by atoms with Crippen LogP contribution >= 0.6 is 0 Å². The van der Waals surface area contributed by atoms with Gasteiger partial charge in [0.1, 0.15) is 5.54 Å². The smallest absolute Gasteiger partial charge is 0.451 e. The number of nitrogens with zero attached hydrogens (tertiary/aromatic N) is 1. The van der Waals surface area contributed by atoms with E-state index in [-0.39, 0.29) is 18.9 Å². The van der Waals surface area contributed by atoms with Crippen molar-refractivity contribution in [2.24, 2.45) is 5.73 Å². The Morgan fingerprint density at radius 1 is 1.38 bits per heavy atom.